The van der Waals surface area contributed by atoms with E-state index in [0.29, 0.717) is 0 Å². The molecule has 0 fully saturated rings. The third-order valence-electron chi connectivity index (χ3n) is 3.04. The molecule has 0 saturated carbocycles. The van der Waals surface area contributed by atoms with Crippen molar-refractivity contribution in [3.8, 4) is 0 Å². The summed E-state index contributed by atoms with van der Waals surface area (Å²) in [6.07, 6.45) is 0. The first-order valence-corrected chi connectivity index (χ1v) is 9.23. The first-order valence-electron chi connectivity index (χ1n) is 6.90. The smallest absolute Gasteiger partial charge is 0.0310 e. The topological polar surface area (TPSA) is 0 Å². The van der Waals surface area contributed by atoms with E-state index in [1.54, 1.807) is 0 Å². The molecule has 0 radical (unpaired) electrons. The van der Waals surface area contributed by atoms with Crippen molar-refractivity contribution in [1.29, 1.82) is 0 Å². The van der Waals surface area contributed by atoms with Gasteiger partial charge >= 0.3 is 0 Å². The Morgan fingerprint density at radius 1 is 0.591 bits per heavy atom. The molecule has 0 N–H and O–H groups in total. The van der Waals surface area contributed by atoms with Crippen molar-refractivity contribution < 1.29 is 0 Å². The maximum atomic E-state index is 4.13. The summed E-state index contributed by atoms with van der Waals surface area (Å²) in [5.74, 6) is 0. The van der Waals surface area contributed by atoms with Gasteiger partial charge in [0.25, 0.3) is 0 Å². The fourth-order valence-corrected chi connectivity index (χ4v) is 4.48. The molecule has 0 spiro atoms. The molecule has 0 atom stereocenters. The van der Waals surface area contributed by atoms with Gasteiger partial charge in [0.05, 0.1) is 0 Å². The minimum absolute atomic E-state index is 0.446. The molecule has 3 heteroatoms. The van der Waals surface area contributed by atoms with Gasteiger partial charge in [0.15, 0.2) is 0 Å². The number of hydrogen-bond acceptors (Lipinski definition) is 1. The summed E-state index contributed by atoms with van der Waals surface area (Å²) in [4.78, 5) is 0. The fraction of sp³-hybridized carbons (Fsp3) is 0. The van der Waals surface area contributed by atoms with Crippen molar-refractivity contribution in [2.75, 3.05) is 0 Å². The summed E-state index contributed by atoms with van der Waals surface area (Å²) < 4.78 is 1.28. The van der Waals surface area contributed by atoms with E-state index >= 15 is 0 Å². The Morgan fingerprint density at radius 3 is 1.05 bits per heavy atom. The number of thiocarbonyl (C=S) groups is 1. The molecule has 0 bridgehead atoms. The van der Waals surface area contributed by atoms with E-state index < -0.39 is 7.92 Å². The van der Waals surface area contributed by atoms with E-state index in [9.17, 15) is 0 Å². The molecule has 0 aliphatic carbocycles. The largest absolute Gasteiger partial charge is 0.140 e. The molecule has 0 aromatic heterocycles. The highest BCUT2D eigenvalue weighted by Gasteiger charge is 2.14. The van der Waals surface area contributed by atoms with Gasteiger partial charge in [0, 0.05) is 4.70 Å². The van der Waals surface area contributed by atoms with Gasteiger partial charge in [0.2, 0.25) is 0 Å². The molecule has 0 aliphatic heterocycles. The molecule has 22 heavy (non-hydrogen) atoms. The summed E-state index contributed by atoms with van der Waals surface area (Å²) in [6, 6.07) is 32.3. The summed E-state index contributed by atoms with van der Waals surface area (Å²) in [5, 5.41) is 4.19. The summed E-state index contributed by atoms with van der Waals surface area (Å²) >= 11 is 7.61. The molecule has 3 aromatic rings. The standard InChI is InChI=1S/C18H15P.CH2S2/c1-4-10-16(11-5-1)19(17-12-6-2-7-13-17)18-14-8-3-9-15-18;2-1-3/h1-15H;1H,(H,2,3). The number of benzene rings is 3. The van der Waals surface area contributed by atoms with Crippen LogP contribution in [0.3, 0.4) is 0 Å². The second kappa shape index (κ2) is 9.53. The molecular formula is C19H17PS2. The average Bonchev–Trinajstić information content (AvgIpc) is 2.59. The molecule has 0 heterocycles. The molecule has 0 aliphatic rings. The van der Waals surface area contributed by atoms with E-state index in [0.717, 1.165) is 0 Å². The van der Waals surface area contributed by atoms with Crippen LogP contribution in [0.2, 0.25) is 0 Å². The average molecular weight is 340 g/mol. The number of thiol groups is 1. The summed E-state index contributed by atoms with van der Waals surface area (Å²) in [5.41, 5.74) is 0. The first kappa shape index (κ1) is 16.9. The Hall–Kier alpha value is -1.47. The Bertz CT molecular complexity index is 576. The highest BCUT2D eigenvalue weighted by Crippen LogP contribution is 2.32. The maximum Gasteiger partial charge on any atom is 0.0310 e. The molecule has 0 amide bonds. The lowest BCUT2D eigenvalue weighted by molar-refractivity contribution is 1.74. The minimum Gasteiger partial charge on any atom is -0.140 e. The first-order chi connectivity index (χ1) is 10.9. The van der Waals surface area contributed by atoms with Crippen LogP contribution >= 0.6 is 32.8 Å². The molecule has 0 unspecified atom stereocenters. The predicted octanol–water partition coefficient (Wildman–Crippen LogP) is 4.32. The predicted molar refractivity (Wildman–Crippen MR) is 108 cm³/mol. The van der Waals surface area contributed by atoms with Crippen molar-refractivity contribution in [3.63, 3.8) is 0 Å². The molecule has 3 aromatic carbocycles. The molecular weight excluding hydrogens is 323 g/mol. The lowest BCUT2D eigenvalue weighted by Gasteiger charge is -2.18. The van der Waals surface area contributed by atoms with E-state index in [4.69, 9.17) is 0 Å². The van der Waals surface area contributed by atoms with E-state index in [1.165, 1.54) is 20.6 Å². The van der Waals surface area contributed by atoms with Crippen molar-refractivity contribution in [2.45, 2.75) is 0 Å². The summed E-state index contributed by atoms with van der Waals surface area (Å²) in [7, 11) is -0.446. The van der Waals surface area contributed by atoms with E-state index in [1.807, 2.05) is 0 Å². The zero-order chi connectivity index (χ0) is 15.6. The Morgan fingerprint density at radius 2 is 0.818 bits per heavy atom. The van der Waals surface area contributed by atoms with Crippen LogP contribution in [0.15, 0.2) is 91.0 Å². The molecule has 3 rings (SSSR count). The minimum atomic E-state index is -0.446. The van der Waals surface area contributed by atoms with Gasteiger partial charge in [-0.2, -0.15) is 0 Å². The second-order valence-electron chi connectivity index (χ2n) is 4.45. The third kappa shape index (κ3) is 4.78. The van der Waals surface area contributed by atoms with Crippen molar-refractivity contribution in [2.24, 2.45) is 0 Å². The quantitative estimate of drug-likeness (QED) is 0.421. The highest BCUT2D eigenvalue weighted by molar-refractivity contribution is 8.08. The fourth-order valence-electron chi connectivity index (χ4n) is 2.18. The zero-order valence-corrected chi connectivity index (χ0v) is 14.6. The van der Waals surface area contributed by atoms with E-state index in [2.05, 4.69) is 116 Å². The van der Waals surface area contributed by atoms with Crippen molar-refractivity contribution in [3.05, 3.63) is 91.0 Å². The molecule has 0 nitrogen and oxygen atoms in total. The monoisotopic (exact) mass is 340 g/mol. The van der Waals surface area contributed by atoms with E-state index in [-0.39, 0.29) is 0 Å². The molecule has 0 saturated heterocycles. The Balaban J connectivity index is 0.000000545. The van der Waals surface area contributed by atoms with Gasteiger partial charge in [-0.25, -0.2) is 0 Å². The van der Waals surface area contributed by atoms with Crippen molar-refractivity contribution >= 4 is 53.4 Å². The van der Waals surface area contributed by atoms with Crippen LogP contribution in [-0.2, 0) is 0 Å². The van der Waals surface area contributed by atoms with Gasteiger partial charge in [-0.1, -0.05) is 103 Å². The van der Waals surface area contributed by atoms with Gasteiger partial charge < -0.3 is 0 Å². The van der Waals surface area contributed by atoms with Crippen LogP contribution in [0.4, 0.5) is 0 Å². The van der Waals surface area contributed by atoms with Crippen LogP contribution in [0, 0.1) is 0 Å². The second-order valence-corrected chi connectivity index (χ2v) is 7.51. The lowest BCUT2D eigenvalue weighted by atomic mass is 10.4. The zero-order valence-electron chi connectivity index (χ0n) is 12.0. The van der Waals surface area contributed by atoms with Crippen LogP contribution in [0.5, 0.6) is 0 Å². The number of hydrogen-bond donors (Lipinski definition) is 1. The van der Waals surface area contributed by atoms with Crippen molar-refractivity contribution in [1.82, 2.24) is 0 Å². The normalized spacial score (nSPS) is 9.73. The summed E-state index contributed by atoms with van der Waals surface area (Å²) in [6.45, 7) is 0. The highest BCUT2D eigenvalue weighted by atomic mass is 32.1. The van der Waals surface area contributed by atoms with Gasteiger partial charge in [0.1, 0.15) is 0 Å². The van der Waals surface area contributed by atoms with Gasteiger partial charge in [-0.15, -0.1) is 12.6 Å². The van der Waals surface area contributed by atoms with Crippen LogP contribution in [-0.4, -0.2) is 4.70 Å². The van der Waals surface area contributed by atoms with Gasteiger partial charge in [-0.3, -0.25) is 0 Å². The number of rotatable bonds is 3. The van der Waals surface area contributed by atoms with Crippen LogP contribution < -0.4 is 15.9 Å². The maximum absolute atomic E-state index is 4.13. The lowest BCUT2D eigenvalue weighted by Crippen LogP contribution is -2.20. The third-order valence-corrected chi connectivity index (χ3v) is 5.49. The van der Waals surface area contributed by atoms with Gasteiger partial charge in [-0.05, 0) is 23.8 Å². The molecule has 110 valence electrons. The SMILES string of the molecule is S=CS.c1ccc(P(c2ccccc2)c2ccccc2)cc1. The Kier molecular flexibility index (Phi) is 7.32. The Labute approximate surface area is 144 Å². The van der Waals surface area contributed by atoms with Crippen LogP contribution in [0.25, 0.3) is 0 Å². The van der Waals surface area contributed by atoms with Crippen LogP contribution in [0.1, 0.15) is 0 Å².